The zero-order valence-electron chi connectivity index (χ0n) is 10.2. The largest absolute Gasteiger partial charge is 0.496 e. The first-order valence-electron chi connectivity index (χ1n) is 5.35. The van der Waals surface area contributed by atoms with Crippen LogP contribution in [0.3, 0.4) is 0 Å². The standard InChI is InChI=1S/C12H13N3O2S/c1-15-8-13-14-12(15)18-7-10(16)9-5-3-4-6-11(9)17-2/h3-6,8H,7H2,1-2H3. The second-order valence-electron chi connectivity index (χ2n) is 3.64. The van der Waals surface area contributed by atoms with Crippen LogP contribution in [0, 0.1) is 0 Å². The highest BCUT2D eigenvalue weighted by molar-refractivity contribution is 7.99. The highest BCUT2D eigenvalue weighted by Gasteiger charge is 2.13. The molecular weight excluding hydrogens is 250 g/mol. The second kappa shape index (κ2) is 5.68. The summed E-state index contributed by atoms with van der Waals surface area (Å²) in [7, 11) is 3.40. The maximum absolute atomic E-state index is 12.1. The molecule has 0 spiro atoms. The molecule has 0 aliphatic carbocycles. The van der Waals surface area contributed by atoms with Gasteiger partial charge in [0.25, 0.3) is 0 Å². The molecule has 0 amide bonds. The van der Waals surface area contributed by atoms with E-state index in [0.717, 1.165) is 5.16 Å². The third-order valence-corrected chi connectivity index (χ3v) is 3.44. The lowest BCUT2D eigenvalue weighted by Crippen LogP contribution is -2.05. The average molecular weight is 263 g/mol. The summed E-state index contributed by atoms with van der Waals surface area (Å²) in [5.74, 6) is 0.925. The molecule has 0 aliphatic heterocycles. The SMILES string of the molecule is COc1ccccc1C(=O)CSc1nncn1C. The predicted molar refractivity (Wildman–Crippen MR) is 69.1 cm³/mol. The lowest BCUT2D eigenvalue weighted by atomic mass is 10.1. The summed E-state index contributed by atoms with van der Waals surface area (Å²) in [6.07, 6.45) is 1.61. The number of nitrogens with zero attached hydrogens (tertiary/aromatic N) is 3. The maximum Gasteiger partial charge on any atom is 0.191 e. The van der Waals surface area contributed by atoms with E-state index in [0.29, 0.717) is 17.1 Å². The molecule has 0 aliphatic rings. The first kappa shape index (κ1) is 12.6. The quantitative estimate of drug-likeness (QED) is 0.608. The van der Waals surface area contributed by atoms with E-state index in [9.17, 15) is 4.79 Å². The Balaban J connectivity index is 2.06. The van der Waals surface area contributed by atoms with Crippen molar-refractivity contribution >= 4 is 17.5 Å². The van der Waals surface area contributed by atoms with E-state index in [1.807, 2.05) is 19.2 Å². The van der Waals surface area contributed by atoms with Crippen molar-refractivity contribution in [1.82, 2.24) is 14.8 Å². The predicted octanol–water partition coefficient (Wildman–Crippen LogP) is 1.80. The second-order valence-corrected chi connectivity index (χ2v) is 4.58. The Bertz CT molecular complexity index is 554. The fourth-order valence-electron chi connectivity index (χ4n) is 1.49. The molecule has 2 aromatic rings. The molecule has 0 atom stereocenters. The van der Waals surface area contributed by atoms with Gasteiger partial charge in [0.1, 0.15) is 12.1 Å². The number of Topliss-reactive ketones (excluding diaryl/α,β-unsaturated/α-hetero) is 1. The zero-order valence-corrected chi connectivity index (χ0v) is 11.0. The lowest BCUT2D eigenvalue weighted by Gasteiger charge is -2.06. The van der Waals surface area contributed by atoms with Crippen molar-refractivity contribution in [2.75, 3.05) is 12.9 Å². The molecule has 0 N–H and O–H groups in total. The van der Waals surface area contributed by atoms with E-state index in [1.54, 1.807) is 30.1 Å². The minimum Gasteiger partial charge on any atom is -0.496 e. The molecule has 0 unspecified atom stereocenters. The van der Waals surface area contributed by atoms with Gasteiger partial charge in [0.2, 0.25) is 0 Å². The van der Waals surface area contributed by atoms with Gasteiger partial charge in [-0.05, 0) is 12.1 Å². The molecule has 2 rings (SSSR count). The van der Waals surface area contributed by atoms with Gasteiger partial charge in [0, 0.05) is 7.05 Å². The minimum atomic E-state index is 0.0143. The number of ether oxygens (including phenoxy) is 1. The van der Waals surface area contributed by atoms with Crippen LogP contribution in [-0.4, -0.2) is 33.4 Å². The van der Waals surface area contributed by atoms with Gasteiger partial charge >= 0.3 is 0 Å². The molecule has 0 saturated carbocycles. The number of carbonyl (C=O) groups excluding carboxylic acids is 1. The lowest BCUT2D eigenvalue weighted by molar-refractivity contribution is 0.101. The first-order chi connectivity index (χ1) is 8.72. The molecule has 0 fully saturated rings. The third kappa shape index (κ3) is 2.70. The van der Waals surface area contributed by atoms with E-state index in [1.165, 1.54) is 11.8 Å². The molecule has 5 nitrogen and oxygen atoms in total. The van der Waals surface area contributed by atoms with Crippen molar-refractivity contribution in [2.24, 2.45) is 7.05 Å². The molecule has 1 heterocycles. The summed E-state index contributed by atoms with van der Waals surface area (Å²) >= 11 is 1.36. The Kier molecular flexibility index (Phi) is 3.99. The molecule has 94 valence electrons. The smallest absolute Gasteiger partial charge is 0.191 e. The summed E-state index contributed by atoms with van der Waals surface area (Å²) in [6.45, 7) is 0. The monoisotopic (exact) mass is 263 g/mol. The van der Waals surface area contributed by atoms with Crippen LogP contribution in [0.4, 0.5) is 0 Å². The Morgan fingerprint density at radius 2 is 2.22 bits per heavy atom. The van der Waals surface area contributed by atoms with Crippen molar-refractivity contribution in [2.45, 2.75) is 5.16 Å². The zero-order chi connectivity index (χ0) is 13.0. The van der Waals surface area contributed by atoms with Crippen molar-refractivity contribution in [3.8, 4) is 5.75 Å². The third-order valence-electron chi connectivity index (χ3n) is 2.41. The number of carbonyl (C=O) groups is 1. The van der Waals surface area contributed by atoms with Crippen LogP contribution >= 0.6 is 11.8 Å². The highest BCUT2D eigenvalue weighted by Crippen LogP contribution is 2.21. The van der Waals surface area contributed by atoms with Gasteiger partial charge in [-0.2, -0.15) is 0 Å². The van der Waals surface area contributed by atoms with Crippen molar-refractivity contribution < 1.29 is 9.53 Å². The van der Waals surface area contributed by atoms with Crippen LogP contribution in [0.25, 0.3) is 0 Å². The summed E-state index contributed by atoms with van der Waals surface area (Å²) < 4.78 is 6.94. The number of methoxy groups -OCH3 is 1. The fourth-order valence-corrected chi connectivity index (χ4v) is 2.26. The molecule has 1 aromatic heterocycles. The van der Waals surface area contributed by atoms with Crippen molar-refractivity contribution in [3.05, 3.63) is 36.2 Å². The molecule has 0 radical (unpaired) electrons. The summed E-state index contributed by atoms with van der Waals surface area (Å²) in [4.78, 5) is 12.1. The van der Waals surface area contributed by atoms with E-state index in [2.05, 4.69) is 10.2 Å². The van der Waals surface area contributed by atoms with Gasteiger partial charge < -0.3 is 9.30 Å². The van der Waals surface area contributed by atoms with Gasteiger partial charge in [-0.25, -0.2) is 0 Å². The first-order valence-corrected chi connectivity index (χ1v) is 6.34. The van der Waals surface area contributed by atoms with Gasteiger partial charge in [0.05, 0.1) is 18.4 Å². The normalized spacial score (nSPS) is 10.3. The molecule has 0 saturated heterocycles. The Hall–Kier alpha value is -1.82. The Morgan fingerprint density at radius 1 is 1.44 bits per heavy atom. The van der Waals surface area contributed by atoms with Crippen LogP contribution in [0.5, 0.6) is 5.75 Å². The maximum atomic E-state index is 12.1. The summed E-state index contributed by atoms with van der Waals surface area (Å²) in [5, 5.41) is 8.40. The van der Waals surface area contributed by atoms with E-state index in [-0.39, 0.29) is 5.78 Å². The van der Waals surface area contributed by atoms with Crippen LogP contribution < -0.4 is 4.74 Å². The number of thioether (sulfide) groups is 1. The number of aromatic nitrogens is 3. The molecular formula is C12H13N3O2S. The number of hydrogen-bond acceptors (Lipinski definition) is 5. The summed E-state index contributed by atoms with van der Waals surface area (Å²) in [5.41, 5.74) is 0.592. The van der Waals surface area contributed by atoms with E-state index < -0.39 is 0 Å². The van der Waals surface area contributed by atoms with Crippen LogP contribution in [0.15, 0.2) is 35.7 Å². The van der Waals surface area contributed by atoms with Crippen molar-refractivity contribution in [3.63, 3.8) is 0 Å². The number of ketones is 1. The van der Waals surface area contributed by atoms with Gasteiger partial charge in [0.15, 0.2) is 10.9 Å². The van der Waals surface area contributed by atoms with Gasteiger partial charge in [-0.3, -0.25) is 4.79 Å². The average Bonchev–Trinajstić information content (AvgIpc) is 2.81. The minimum absolute atomic E-state index is 0.0143. The number of benzene rings is 1. The summed E-state index contributed by atoms with van der Waals surface area (Å²) in [6, 6.07) is 7.20. The fraction of sp³-hybridized carbons (Fsp3) is 0.250. The number of hydrogen-bond donors (Lipinski definition) is 0. The van der Waals surface area contributed by atoms with E-state index >= 15 is 0 Å². The van der Waals surface area contributed by atoms with Crippen molar-refractivity contribution in [1.29, 1.82) is 0 Å². The molecule has 0 bridgehead atoms. The number of aryl methyl sites for hydroxylation is 1. The molecule has 1 aromatic carbocycles. The molecule has 6 heteroatoms. The topological polar surface area (TPSA) is 57.0 Å². The number of para-hydroxylation sites is 1. The van der Waals surface area contributed by atoms with Gasteiger partial charge in [-0.15, -0.1) is 10.2 Å². The highest BCUT2D eigenvalue weighted by atomic mass is 32.2. The number of rotatable bonds is 5. The molecule has 18 heavy (non-hydrogen) atoms. The van der Waals surface area contributed by atoms with E-state index in [4.69, 9.17) is 4.74 Å². The van der Waals surface area contributed by atoms with Crippen LogP contribution in [0.2, 0.25) is 0 Å². The van der Waals surface area contributed by atoms with Crippen LogP contribution in [0.1, 0.15) is 10.4 Å². The Labute approximate surface area is 109 Å². The van der Waals surface area contributed by atoms with Gasteiger partial charge in [-0.1, -0.05) is 23.9 Å². The van der Waals surface area contributed by atoms with Crippen LogP contribution in [-0.2, 0) is 7.05 Å². The Morgan fingerprint density at radius 3 is 2.89 bits per heavy atom.